The van der Waals surface area contributed by atoms with Crippen molar-refractivity contribution in [3.63, 3.8) is 0 Å². The van der Waals surface area contributed by atoms with Crippen LogP contribution in [-0.4, -0.2) is 4.98 Å². The van der Waals surface area contributed by atoms with Crippen molar-refractivity contribution in [2.75, 3.05) is 0 Å². The van der Waals surface area contributed by atoms with Crippen molar-refractivity contribution >= 4 is 21.7 Å². The third-order valence-electron chi connectivity index (χ3n) is 6.74. The first-order valence-corrected chi connectivity index (χ1v) is 11.2. The van der Waals surface area contributed by atoms with Gasteiger partial charge in [-0.3, -0.25) is 0 Å². The van der Waals surface area contributed by atoms with Gasteiger partial charge in [0.15, 0.2) is 0 Å². The topological polar surface area (TPSA) is 12.9 Å². The normalized spacial score (nSPS) is 13.5. The maximum atomic E-state index is 5.35. The van der Waals surface area contributed by atoms with Gasteiger partial charge >= 0.3 is 0 Å². The van der Waals surface area contributed by atoms with Crippen molar-refractivity contribution in [2.24, 2.45) is 0 Å². The van der Waals surface area contributed by atoms with E-state index in [1.165, 1.54) is 55.1 Å². The highest BCUT2D eigenvalue weighted by molar-refractivity contribution is 6.13. The summed E-state index contributed by atoms with van der Waals surface area (Å²) in [6.45, 7) is 2.14. The zero-order valence-corrected chi connectivity index (χ0v) is 17.9. The van der Waals surface area contributed by atoms with Crippen molar-refractivity contribution < 1.29 is 0 Å². The Balaban J connectivity index is 1.66. The summed E-state index contributed by atoms with van der Waals surface area (Å²) in [6, 6.07) is 31.5. The minimum atomic E-state index is 1.01. The van der Waals surface area contributed by atoms with Crippen LogP contribution in [0.4, 0.5) is 0 Å². The summed E-state index contributed by atoms with van der Waals surface area (Å²) in [6.07, 6.45) is 4.15. The zero-order chi connectivity index (χ0) is 20.8. The molecule has 9 rings (SSSR count). The summed E-state index contributed by atoms with van der Waals surface area (Å²) in [5.41, 5.74) is 10.3. The van der Waals surface area contributed by atoms with Crippen LogP contribution >= 0.6 is 0 Å². The summed E-state index contributed by atoms with van der Waals surface area (Å²) in [5.74, 6) is 0. The number of fused-ring (bicyclic) bond motifs is 1. The molecule has 31 heavy (non-hydrogen) atoms. The Morgan fingerprint density at radius 1 is 0.581 bits per heavy atom. The van der Waals surface area contributed by atoms with Gasteiger partial charge in [0.25, 0.3) is 0 Å². The second-order valence-corrected chi connectivity index (χ2v) is 8.80. The Bertz CT molecular complexity index is 1410. The Morgan fingerprint density at radius 3 is 1.90 bits per heavy atom. The molecule has 0 aliphatic heterocycles. The van der Waals surface area contributed by atoms with E-state index in [-0.39, 0.29) is 0 Å². The average Bonchev–Trinajstić information content (AvgIpc) is 2.81. The third kappa shape index (κ3) is 3.21. The Labute approximate surface area is 183 Å². The fourth-order valence-electron chi connectivity index (χ4n) is 4.96. The first-order chi connectivity index (χ1) is 15.3. The quantitative estimate of drug-likeness (QED) is 0.271. The van der Waals surface area contributed by atoms with Crippen molar-refractivity contribution in [1.29, 1.82) is 0 Å². The molecule has 0 radical (unpaired) electrons. The molecule has 1 heterocycles. The zero-order valence-electron chi connectivity index (χ0n) is 17.9. The molecule has 0 spiro atoms. The molecule has 1 heteroatoms. The lowest BCUT2D eigenvalue weighted by atomic mass is 9.90. The summed E-state index contributed by atoms with van der Waals surface area (Å²) < 4.78 is 0. The van der Waals surface area contributed by atoms with Crippen LogP contribution in [0.1, 0.15) is 27.8 Å². The molecule has 0 saturated heterocycles. The number of benzene rings is 4. The molecule has 0 saturated carbocycles. The van der Waals surface area contributed by atoms with Crippen LogP contribution in [0.25, 0.3) is 32.9 Å². The summed E-state index contributed by atoms with van der Waals surface area (Å²) >= 11 is 0. The number of nitrogens with zero attached hydrogens (tertiary/aromatic N) is 1. The molecule has 150 valence electrons. The lowest BCUT2D eigenvalue weighted by Gasteiger charge is -2.17. The number of pyridine rings is 1. The van der Waals surface area contributed by atoms with E-state index in [0.717, 1.165) is 31.4 Å². The van der Waals surface area contributed by atoms with E-state index in [1.807, 2.05) is 0 Å². The third-order valence-corrected chi connectivity index (χ3v) is 6.74. The van der Waals surface area contributed by atoms with Gasteiger partial charge in [-0.25, -0.2) is 4.98 Å². The van der Waals surface area contributed by atoms with Crippen molar-refractivity contribution in [2.45, 2.75) is 32.6 Å². The van der Waals surface area contributed by atoms with Gasteiger partial charge in [0.05, 0.1) is 11.2 Å². The Kier molecular flexibility index (Phi) is 4.35. The van der Waals surface area contributed by atoms with Crippen LogP contribution in [0.5, 0.6) is 0 Å². The fourth-order valence-corrected chi connectivity index (χ4v) is 4.96. The van der Waals surface area contributed by atoms with Crippen molar-refractivity contribution in [1.82, 2.24) is 4.98 Å². The van der Waals surface area contributed by atoms with Gasteiger partial charge in [-0.1, -0.05) is 90.5 Å². The summed E-state index contributed by atoms with van der Waals surface area (Å²) in [7, 11) is 0. The number of aromatic nitrogens is 1. The van der Waals surface area contributed by atoms with Crippen LogP contribution in [0, 0.1) is 6.92 Å². The molecule has 0 fully saturated rings. The van der Waals surface area contributed by atoms with E-state index < -0.39 is 0 Å². The lowest BCUT2D eigenvalue weighted by molar-refractivity contribution is 0.932. The maximum absolute atomic E-state index is 5.35. The minimum absolute atomic E-state index is 1.01. The van der Waals surface area contributed by atoms with Gasteiger partial charge in [0.1, 0.15) is 0 Å². The first-order valence-electron chi connectivity index (χ1n) is 11.2. The smallest absolute Gasteiger partial charge is 0.0788 e. The van der Waals surface area contributed by atoms with E-state index in [2.05, 4.69) is 91.9 Å². The predicted octanol–water partition coefficient (Wildman–Crippen LogP) is 7.25. The highest BCUT2D eigenvalue weighted by atomic mass is 14.7. The van der Waals surface area contributed by atoms with Crippen LogP contribution in [0.3, 0.4) is 0 Å². The molecular weight excluding hydrogens is 374 g/mol. The van der Waals surface area contributed by atoms with Gasteiger partial charge in [-0.15, -0.1) is 0 Å². The summed E-state index contributed by atoms with van der Waals surface area (Å²) in [4.78, 5) is 5.35. The van der Waals surface area contributed by atoms with Gasteiger partial charge in [0, 0.05) is 16.3 Å². The number of aryl methyl sites for hydroxylation is 5. The molecule has 1 aromatic heterocycles. The molecule has 4 aliphatic carbocycles. The Morgan fingerprint density at radius 2 is 1.19 bits per heavy atom. The highest BCUT2D eigenvalue weighted by Crippen LogP contribution is 2.36. The van der Waals surface area contributed by atoms with E-state index in [1.54, 1.807) is 0 Å². The van der Waals surface area contributed by atoms with E-state index in [0.29, 0.717) is 0 Å². The standard InChI is InChI=1S/C30H25N/c1-20-6-14-24(15-7-20)29-27-5-3-2-4-26(27)28-23-16-12-21-8-10-22(11-9-21)13-17-25(19-18-23)30(28)31-29/h2-11,14-15,18-19H,12-13,16-17H2,1H3. The SMILES string of the molecule is Cc1ccc(-c2nc3c4ccc(c3c3ccccc23)CCc2ccc(cc2)CC4)cc1. The molecule has 0 atom stereocenters. The molecule has 1 nitrogen and oxygen atoms in total. The van der Waals surface area contributed by atoms with Gasteiger partial charge in [0.2, 0.25) is 0 Å². The first kappa shape index (κ1) is 18.3. The second kappa shape index (κ2) is 7.35. The monoisotopic (exact) mass is 399 g/mol. The largest absolute Gasteiger partial charge is 0.247 e. The second-order valence-electron chi connectivity index (χ2n) is 8.80. The molecule has 0 amide bonds. The maximum Gasteiger partial charge on any atom is 0.0788 e. The minimum Gasteiger partial charge on any atom is -0.247 e. The van der Waals surface area contributed by atoms with Gasteiger partial charge in [-0.05, 0) is 60.2 Å². The summed E-state index contributed by atoms with van der Waals surface area (Å²) in [5, 5.41) is 3.91. The molecule has 4 aromatic carbocycles. The van der Waals surface area contributed by atoms with Crippen LogP contribution in [-0.2, 0) is 25.7 Å². The van der Waals surface area contributed by atoms with Crippen molar-refractivity contribution in [3.05, 3.63) is 113 Å². The van der Waals surface area contributed by atoms with Crippen LogP contribution < -0.4 is 0 Å². The van der Waals surface area contributed by atoms with Gasteiger partial charge in [-0.2, -0.15) is 0 Å². The number of hydrogen-bond acceptors (Lipinski definition) is 1. The van der Waals surface area contributed by atoms with Crippen molar-refractivity contribution in [3.8, 4) is 11.3 Å². The fraction of sp³-hybridized carbons (Fsp3) is 0.167. The van der Waals surface area contributed by atoms with Crippen LogP contribution in [0.15, 0.2) is 84.9 Å². The highest BCUT2D eigenvalue weighted by Gasteiger charge is 2.16. The lowest BCUT2D eigenvalue weighted by Crippen LogP contribution is -2.02. The number of hydrogen-bond donors (Lipinski definition) is 0. The molecule has 4 bridgehead atoms. The molecule has 0 N–H and O–H groups in total. The molecule has 0 unspecified atom stereocenters. The molecule has 4 aliphatic rings. The Hall–Kier alpha value is -3.45. The number of rotatable bonds is 1. The molecular formula is C30H25N. The average molecular weight is 400 g/mol. The molecule has 5 aromatic rings. The van der Waals surface area contributed by atoms with Crippen LogP contribution in [0.2, 0.25) is 0 Å². The van der Waals surface area contributed by atoms with E-state index in [9.17, 15) is 0 Å². The van der Waals surface area contributed by atoms with E-state index in [4.69, 9.17) is 4.98 Å². The van der Waals surface area contributed by atoms with Gasteiger partial charge < -0.3 is 0 Å². The predicted molar refractivity (Wildman–Crippen MR) is 131 cm³/mol. The van der Waals surface area contributed by atoms with E-state index >= 15 is 0 Å².